The molecule has 3 rings (SSSR count). The van der Waals surface area contributed by atoms with Crippen LogP contribution in [-0.4, -0.2) is 6.61 Å². The number of rotatable bonds is 6. The van der Waals surface area contributed by atoms with Gasteiger partial charge in [-0.25, -0.2) is 0 Å². The molecule has 1 heteroatoms. The molecule has 2 aromatic rings. The fraction of sp³-hybridized carbons (Fsp3) is 0.333. The van der Waals surface area contributed by atoms with Gasteiger partial charge in [-0.3, -0.25) is 0 Å². The highest BCUT2D eigenvalue weighted by atomic mass is 16.5. The zero-order valence-corrected chi connectivity index (χ0v) is 11.2. The summed E-state index contributed by atoms with van der Waals surface area (Å²) in [6.07, 6.45) is 4.85. The predicted octanol–water partition coefficient (Wildman–Crippen LogP) is 4.26. The van der Waals surface area contributed by atoms with Crippen LogP contribution in [0.5, 0.6) is 5.75 Å². The van der Waals surface area contributed by atoms with Crippen molar-refractivity contribution in [1.82, 2.24) is 0 Å². The maximum Gasteiger partial charge on any atom is 0.119 e. The SMILES string of the molecule is c1ccc(CCc2cccc(OCC3CC3)c2)cc1. The van der Waals surface area contributed by atoms with Crippen LogP contribution >= 0.6 is 0 Å². The fourth-order valence-corrected chi connectivity index (χ4v) is 2.22. The highest BCUT2D eigenvalue weighted by molar-refractivity contribution is 5.29. The molecule has 1 fully saturated rings. The quantitative estimate of drug-likeness (QED) is 0.746. The zero-order chi connectivity index (χ0) is 12.9. The van der Waals surface area contributed by atoms with Crippen LogP contribution in [0, 0.1) is 5.92 Å². The Morgan fingerprint density at radius 2 is 1.58 bits per heavy atom. The lowest BCUT2D eigenvalue weighted by Crippen LogP contribution is -1.99. The van der Waals surface area contributed by atoms with Crippen molar-refractivity contribution in [3.8, 4) is 5.75 Å². The van der Waals surface area contributed by atoms with Crippen molar-refractivity contribution in [2.75, 3.05) is 6.61 Å². The molecule has 0 amide bonds. The molecule has 1 saturated carbocycles. The summed E-state index contributed by atoms with van der Waals surface area (Å²) in [5.74, 6) is 1.84. The molecule has 0 atom stereocenters. The highest BCUT2D eigenvalue weighted by Gasteiger charge is 2.21. The lowest BCUT2D eigenvalue weighted by molar-refractivity contribution is 0.299. The summed E-state index contributed by atoms with van der Waals surface area (Å²) < 4.78 is 5.82. The van der Waals surface area contributed by atoms with Gasteiger partial charge in [-0.2, -0.15) is 0 Å². The highest BCUT2D eigenvalue weighted by Crippen LogP contribution is 2.29. The van der Waals surface area contributed by atoms with E-state index < -0.39 is 0 Å². The van der Waals surface area contributed by atoms with Gasteiger partial charge < -0.3 is 4.74 Å². The van der Waals surface area contributed by atoms with Gasteiger partial charge in [-0.1, -0.05) is 42.5 Å². The summed E-state index contributed by atoms with van der Waals surface area (Å²) in [7, 11) is 0. The summed E-state index contributed by atoms with van der Waals surface area (Å²) >= 11 is 0. The molecular formula is C18H20O. The van der Waals surface area contributed by atoms with Crippen molar-refractivity contribution in [2.24, 2.45) is 5.92 Å². The lowest BCUT2D eigenvalue weighted by Gasteiger charge is -2.07. The molecule has 1 aliphatic carbocycles. The van der Waals surface area contributed by atoms with Gasteiger partial charge in [0.1, 0.15) is 5.75 Å². The normalized spacial score (nSPS) is 14.3. The van der Waals surface area contributed by atoms with Crippen molar-refractivity contribution in [2.45, 2.75) is 25.7 Å². The minimum Gasteiger partial charge on any atom is -0.493 e. The predicted molar refractivity (Wildman–Crippen MR) is 78.5 cm³/mol. The van der Waals surface area contributed by atoms with E-state index in [0.29, 0.717) is 0 Å². The molecule has 0 radical (unpaired) electrons. The first-order chi connectivity index (χ1) is 9.40. The topological polar surface area (TPSA) is 9.23 Å². The van der Waals surface area contributed by atoms with E-state index in [2.05, 4.69) is 54.6 Å². The fourth-order valence-electron chi connectivity index (χ4n) is 2.22. The summed E-state index contributed by atoms with van der Waals surface area (Å²) in [6.45, 7) is 0.891. The lowest BCUT2D eigenvalue weighted by atomic mass is 10.0. The zero-order valence-electron chi connectivity index (χ0n) is 11.2. The van der Waals surface area contributed by atoms with E-state index in [9.17, 15) is 0 Å². The van der Waals surface area contributed by atoms with E-state index in [1.54, 1.807) is 0 Å². The number of hydrogen-bond acceptors (Lipinski definition) is 1. The summed E-state index contributed by atoms with van der Waals surface area (Å²) in [5, 5.41) is 0. The number of aryl methyl sites for hydroxylation is 2. The molecule has 19 heavy (non-hydrogen) atoms. The molecule has 0 heterocycles. The molecule has 0 saturated heterocycles. The second kappa shape index (κ2) is 5.92. The van der Waals surface area contributed by atoms with Crippen LogP contribution < -0.4 is 4.74 Å². The van der Waals surface area contributed by atoms with Crippen LogP contribution in [0.3, 0.4) is 0 Å². The smallest absolute Gasteiger partial charge is 0.119 e. The van der Waals surface area contributed by atoms with E-state index in [1.165, 1.54) is 24.0 Å². The molecule has 0 N–H and O–H groups in total. The van der Waals surface area contributed by atoms with E-state index in [4.69, 9.17) is 4.74 Å². The molecule has 0 aliphatic heterocycles. The molecule has 2 aromatic carbocycles. The van der Waals surface area contributed by atoms with Crippen molar-refractivity contribution >= 4 is 0 Å². The van der Waals surface area contributed by atoms with E-state index in [-0.39, 0.29) is 0 Å². The van der Waals surface area contributed by atoms with Crippen molar-refractivity contribution in [3.63, 3.8) is 0 Å². The maximum atomic E-state index is 5.82. The first-order valence-electron chi connectivity index (χ1n) is 7.16. The van der Waals surface area contributed by atoms with E-state index in [0.717, 1.165) is 31.1 Å². The monoisotopic (exact) mass is 252 g/mol. The largest absolute Gasteiger partial charge is 0.493 e. The van der Waals surface area contributed by atoms with Crippen LogP contribution in [0.1, 0.15) is 24.0 Å². The van der Waals surface area contributed by atoms with Gasteiger partial charge in [-0.05, 0) is 54.9 Å². The van der Waals surface area contributed by atoms with Gasteiger partial charge in [-0.15, -0.1) is 0 Å². The average molecular weight is 252 g/mol. The molecular weight excluding hydrogens is 232 g/mol. The Morgan fingerprint density at radius 3 is 2.37 bits per heavy atom. The first-order valence-corrected chi connectivity index (χ1v) is 7.16. The second-order valence-electron chi connectivity index (χ2n) is 5.39. The Hall–Kier alpha value is -1.76. The van der Waals surface area contributed by atoms with E-state index >= 15 is 0 Å². The van der Waals surface area contributed by atoms with Crippen LogP contribution in [0.15, 0.2) is 54.6 Å². The van der Waals surface area contributed by atoms with Gasteiger partial charge in [0, 0.05) is 0 Å². The third kappa shape index (κ3) is 3.85. The molecule has 0 unspecified atom stereocenters. The first kappa shape index (κ1) is 12.3. The van der Waals surface area contributed by atoms with Crippen molar-refractivity contribution in [1.29, 1.82) is 0 Å². The molecule has 0 aromatic heterocycles. The minimum absolute atomic E-state index is 0.813. The Bertz CT molecular complexity index is 514. The van der Waals surface area contributed by atoms with Gasteiger partial charge >= 0.3 is 0 Å². The van der Waals surface area contributed by atoms with Gasteiger partial charge in [0.05, 0.1) is 6.61 Å². The summed E-state index contributed by atoms with van der Waals surface area (Å²) in [5.41, 5.74) is 2.75. The summed E-state index contributed by atoms with van der Waals surface area (Å²) in [4.78, 5) is 0. The molecule has 1 nitrogen and oxygen atoms in total. The molecule has 98 valence electrons. The van der Waals surface area contributed by atoms with Crippen LogP contribution in [0.2, 0.25) is 0 Å². The Morgan fingerprint density at radius 1 is 0.842 bits per heavy atom. The Kier molecular flexibility index (Phi) is 3.83. The second-order valence-corrected chi connectivity index (χ2v) is 5.39. The van der Waals surface area contributed by atoms with Crippen molar-refractivity contribution in [3.05, 3.63) is 65.7 Å². The van der Waals surface area contributed by atoms with Gasteiger partial charge in [0.15, 0.2) is 0 Å². The van der Waals surface area contributed by atoms with Crippen molar-refractivity contribution < 1.29 is 4.74 Å². The van der Waals surface area contributed by atoms with Gasteiger partial charge in [0.25, 0.3) is 0 Å². The Labute approximate surface area is 115 Å². The standard InChI is InChI=1S/C18H20O/c1-2-5-15(6-3-1)9-10-16-7-4-8-18(13-16)19-14-17-11-12-17/h1-8,13,17H,9-12,14H2. The number of benzene rings is 2. The minimum atomic E-state index is 0.813. The molecule has 0 spiro atoms. The number of hydrogen-bond donors (Lipinski definition) is 0. The van der Waals surface area contributed by atoms with Crippen LogP contribution in [0.25, 0.3) is 0 Å². The average Bonchev–Trinajstić information content (AvgIpc) is 3.29. The number of ether oxygens (including phenoxy) is 1. The van der Waals surface area contributed by atoms with Crippen LogP contribution in [-0.2, 0) is 12.8 Å². The third-order valence-corrected chi connectivity index (χ3v) is 3.63. The summed E-state index contributed by atoms with van der Waals surface area (Å²) in [6, 6.07) is 19.2. The maximum absolute atomic E-state index is 5.82. The van der Waals surface area contributed by atoms with Crippen LogP contribution in [0.4, 0.5) is 0 Å². The van der Waals surface area contributed by atoms with Gasteiger partial charge in [0.2, 0.25) is 0 Å². The molecule has 0 bridgehead atoms. The third-order valence-electron chi connectivity index (χ3n) is 3.63. The van der Waals surface area contributed by atoms with E-state index in [1.807, 2.05) is 0 Å². The molecule has 1 aliphatic rings. The Balaban J connectivity index is 1.56.